The van der Waals surface area contributed by atoms with Gasteiger partial charge in [-0.25, -0.2) is 0 Å². The summed E-state index contributed by atoms with van der Waals surface area (Å²) in [5.41, 5.74) is 0. The first-order valence-electron chi connectivity index (χ1n) is 7.00. The van der Waals surface area contributed by atoms with Crippen LogP contribution in [0.4, 0.5) is 0 Å². The molecule has 0 radical (unpaired) electrons. The average molecular weight is 259 g/mol. The molecule has 0 saturated heterocycles. The molecule has 0 bridgehead atoms. The summed E-state index contributed by atoms with van der Waals surface area (Å²) in [6.45, 7) is 11.8. The Labute approximate surface area is 109 Å². The second-order valence-corrected chi connectivity index (χ2v) is 8.85. The van der Waals surface area contributed by atoms with Crippen LogP contribution in [-0.4, -0.2) is 26.8 Å². The number of rotatable bonds is 4. The van der Waals surface area contributed by atoms with E-state index in [0.29, 0.717) is 11.3 Å². The van der Waals surface area contributed by atoms with E-state index < -0.39 is 10.8 Å². The van der Waals surface area contributed by atoms with Crippen molar-refractivity contribution in [2.24, 2.45) is 5.92 Å². The summed E-state index contributed by atoms with van der Waals surface area (Å²) < 4.78 is 12.5. The van der Waals surface area contributed by atoms with Gasteiger partial charge in [-0.05, 0) is 58.9 Å². The smallest absolute Gasteiger partial charge is 0.0509 e. The van der Waals surface area contributed by atoms with E-state index in [1.54, 1.807) is 0 Å². The van der Waals surface area contributed by atoms with Crippen molar-refractivity contribution in [1.29, 1.82) is 0 Å². The Hall–Kier alpha value is 0.110. The summed E-state index contributed by atoms with van der Waals surface area (Å²) >= 11 is 0. The summed E-state index contributed by atoms with van der Waals surface area (Å²) in [5.74, 6) is 0.728. The fourth-order valence-electron chi connectivity index (χ4n) is 2.58. The van der Waals surface area contributed by atoms with E-state index in [0.717, 1.165) is 25.3 Å². The normalized spacial score (nSPS) is 32.4. The number of hydrogen-bond donors (Lipinski definition) is 1. The topological polar surface area (TPSA) is 29.1 Å². The van der Waals surface area contributed by atoms with Gasteiger partial charge in [0.15, 0.2) is 0 Å². The van der Waals surface area contributed by atoms with Crippen LogP contribution >= 0.6 is 0 Å². The lowest BCUT2D eigenvalue weighted by Gasteiger charge is -2.38. The summed E-state index contributed by atoms with van der Waals surface area (Å²) in [7, 11) is -0.741. The lowest BCUT2D eigenvalue weighted by Crippen LogP contribution is -2.49. The third-order valence-corrected chi connectivity index (χ3v) is 5.87. The zero-order valence-corrected chi connectivity index (χ0v) is 12.9. The van der Waals surface area contributed by atoms with E-state index in [-0.39, 0.29) is 4.75 Å². The van der Waals surface area contributed by atoms with Crippen LogP contribution in [0.2, 0.25) is 0 Å². The molecule has 1 saturated carbocycles. The maximum absolute atomic E-state index is 12.6. The molecule has 4 atom stereocenters. The Morgan fingerprint density at radius 1 is 1.29 bits per heavy atom. The molecule has 0 aromatic carbocycles. The molecule has 0 amide bonds. The standard InChI is InChI=1S/C14H29NOS/c1-6-9-15-12-8-7-11(2)10-13(12)17(16)14(3,4)5/h11-13,15H,6-10H2,1-5H3. The van der Waals surface area contributed by atoms with Crippen LogP contribution < -0.4 is 5.32 Å². The van der Waals surface area contributed by atoms with Gasteiger partial charge in [-0.2, -0.15) is 0 Å². The van der Waals surface area contributed by atoms with E-state index in [9.17, 15) is 4.21 Å². The van der Waals surface area contributed by atoms with Crippen molar-refractivity contribution >= 4 is 10.8 Å². The first kappa shape index (κ1) is 15.2. The molecular formula is C14H29NOS. The SMILES string of the molecule is CCCNC1CCC(C)CC1S(=O)C(C)(C)C. The molecule has 0 aromatic heterocycles. The minimum atomic E-state index is -0.741. The van der Waals surface area contributed by atoms with Crippen molar-refractivity contribution in [2.45, 2.75) is 76.3 Å². The van der Waals surface area contributed by atoms with Crippen LogP contribution in [0, 0.1) is 5.92 Å². The molecule has 102 valence electrons. The average Bonchev–Trinajstić information content (AvgIpc) is 2.25. The molecule has 1 aliphatic carbocycles. The van der Waals surface area contributed by atoms with Crippen LogP contribution in [0.1, 0.15) is 60.3 Å². The van der Waals surface area contributed by atoms with Gasteiger partial charge in [0.25, 0.3) is 0 Å². The summed E-state index contributed by atoms with van der Waals surface area (Å²) in [6, 6.07) is 0.464. The Kier molecular flexibility index (Phi) is 5.65. The molecule has 1 rings (SSSR count). The summed E-state index contributed by atoms with van der Waals surface area (Å²) in [5, 5.41) is 3.94. The van der Waals surface area contributed by atoms with Crippen molar-refractivity contribution in [3.8, 4) is 0 Å². The molecule has 0 spiro atoms. The van der Waals surface area contributed by atoms with Crippen LogP contribution in [0.3, 0.4) is 0 Å². The maximum Gasteiger partial charge on any atom is 0.0509 e. The lowest BCUT2D eigenvalue weighted by molar-refractivity contribution is 0.312. The largest absolute Gasteiger partial charge is 0.313 e. The van der Waals surface area contributed by atoms with Crippen molar-refractivity contribution in [3.05, 3.63) is 0 Å². The fourth-order valence-corrected chi connectivity index (χ4v) is 4.52. The van der Waals surface area contributed by atoms with Crippen LogP contribution in [-0.2, 0) is 10.8 Å². The van der Waals surface area contributed by atoms with Crippen molar-refractivity contribution in [3.63, 3.8) is 0 Å². The van der Waals surface area contributed by atoms with Gasteiger partial charge in [-0.15, -0.1) is 0 Å². The van der Waals surface area contributed by atoms with Crippen LogP contribution in [0.15, 0.2) is 0 Å². The van der Waals surface area contributed by atoms with Gasteiger partial charge in [0.05, 0.1) is 5.25 Å². The molecule has 1 N–H and O–H groups in total. The number of hydrogen-bond acceptors (Lipinski definition) is 2. The Balaban J connectivity index is 2.71. The molecule has 1 aliphatic rings. The van der Waals surface area contributed by atoms with Crippen LogP contribution in [0.25, 0.3) is 0 Å². The first-order chi connectivity index (χ1) is 7.86. The van der Waals surface area contributed by atoms with E-state index >= 15 is 0 Å². The van der Waals surface area contributed by atoms with Gasteiger partial charge in [-0.3, -0.25) is 4.21 Å². The zero-order chi connectivity index (χ0) is 13.1. The number of nitrogens with one attached hydrogen (secondary N) is 1. The third kappa shape index (κ3) is 4.36. The van der Waals surface area contributed by atoms with Crippen molar-refractivity contribution in [1.82, 2.24) is 5.32 Å². The van der Waals surface area contributed by atoms with Crippen molar-refractivity contribution in [2.75, 3.05) is 6.54 Å². The Morgan fingerprint density at radius 3 is 2.47 bits per heavy atom. The highest BCUT2D eigenvalue weighted by molar-refractivity contribution is 7.87. The summed E-state index contributed by atoms with van der Waals surface area (Å²) in [4.78, 5) is 0. The highest BCUT2D eigenvalue weighted by atomic mass is 32.2. The van der Waals surface area contributed by atoms with Gasteiger partial charge in [-0.1, -0.05) is 13.8 Å². The predicted octanol–water partition coefficient (Wildman–Crippen LogP) is 3.09. The molecule has 0 aliphatic heterocycles. The van der Waals surface area contributed by atoms with Gasteiger partial charge in [0.2, 0.25) is 0 Å². The van der Waals surface area contributed by atoms with E-state index in [1.807, 2.05) is 0 Å². The Morgan fingerprint density at radius 2 is 1.94 bits per heavy atom. The highest BCUT2D eigenvalue weighted by Crippen LogP contribution is 2.31. The monoisotopic (exact) mass is 259 g/mol. The molecule has 0 aromatic rings. The maximum atomic E-state index is 12.6. The molecule has 3 heteroatoms. The molecule has 1 fully saturated rings. The van der Waals surface area contributed by atoms with Crippen molar-refractivity contribution < 1.29 is 4.21 Å². The second kappa shape index (κ2) is 6.33. The third-order valence-electron chi connectivity index (χ3n) is 3.59. The molecular weight excluding hydrogens is 230 g/mol. The summed E-state index contributed by atoms with van der Waals surface area (Å²) in [6.07, 6.45) is 4.74. The minimum absolute atomic E-state index is 0.0894. The first-order valence-corrected chi connectivity index (χ1v) is 8.21. The molecule has 17 heavy (non-hydrogen) atoms. The zero-order valence-electron chi connectivity index (χ0n) is 12.1. The van der Waals surface area contributed by atoms with Gasteiger partial charge >= 0.3 is 0 Å². The Bertz CT molecular complexity index is 257. The quantitative estimate of drug-likeness (QED) is 0.840. The van der Waals surface area contributed by atoms with Crippen LogP contribution in [0.5, 0.6) is 0 Å². The van der Waals surface area contributed by atoms with Gasteiger partial charge in [0, 0.05) is 21.6 Å². The molecule has 0 heterocycles. The van der Waals surface area contributed by atoms with E-state index in [1.165, 1.54) is 12.8 Å². The highest BCUT2D eigenvalue weighted by Gasteiger charge is 2.37. The molecule has 4 unspecified atom stereocenters. The van der Waals surface area contributed by atoms with Gasteiger partial charge < -0.3 is 5.32 Å². The minimum Gasteiger partial charge on any atom is -0.313 e. The molecule has 2 nitrogen and oxygen atoms in total. The predicted molar refractivity (Wildman–Crippen MR) is 76.8 cm³/mol. The van der Waals surface area contributed by atoms with Gasteiger partial charge in [0.1, 0.15) is 0 Å². The second-order valence-electron chi connectivity index (χ2n) is 6.43. The fraction of sp³-hybridized carbons (Fsp3) is 1.00. The van der Waals surface area contributed by atoms with E-state index in [4.69, 9.17) is 0 Å². The lowest BCUT2D eigenvalue weighted by atomic mass is 9.87. The van der Waals surface area contributed by atoms with E-state index in [2.05, 4.69) is 39.9 Å².